The van der Waals surface area contributed by atoms with Gasteiger partial charge in [0, 0.05) is 17.8 Å². The van der Waals surface area contributed by atoms with E-state index in [0.717, 1.165) is 18.1 Å². The average Bonchev–Trinajstić information content (AvgIpc) is 3.02. The topological polar surface area (TPSA) is 33.6 Å². The first-order valence-corrected chi connectivity index (χ1v) is 7.63. The van der Waals surface area contributed by atoms with Crippen LogP contribution in [0.2, 0.25) is 0 Å². The van der Waals surface area contributed by atoms with Crippen LogP contribution in [0.4, 0.5) is 0 Å². The van der Waals surface area contributed by atoms with E-state index in [-0.39, 0.29) is 0 Å². The Hall–Kier alpha value is -1.77. The second-order valence-electron chi connectivity index (χ2n) is 5.47. The minimum absolute atomic E-state index is 0.581. The van der Waals surface area contributed by atoms with Crippen molar-refractivity contribution in [3.05, 3.63) is 42.0 Å². The van der Waals surface area contributed by atoms with E-state index in [4.69, 9.17) is 4.74 Å². The number of rotatable bonds is 4. The predicted molar refractivity (Wildman–Crippen MR) is 82.7 cm³/mol. The van der Waals surface area contributed by atoms with Crippen molar-refractivity contribution in [2.24, 2.45) is 4.99 Å². The van der Waals surface area contributed by atoms with Gasteiger partial charge < -0.3 is 10.1 Å². The molecule has 106 valence electrons. The van der Waals surface area contributed by atoms with E-state index >= 15 is 0 Å². The van der Waals surface area contributed by atoms with E-state index in [0.29, 0.717) is 12.6 Å². The predicted octanol–water partition coefficient (Wildman–Crippen LogP) is 3.38. The summed E-state index contributed by atoms with van der Waals surface area (Å²) in [5.74, 6) is 0.757. The molecule has 1 heterocycles. The maximum Gasteiger partial charge on any atom is 0.210 e. The summed E-state index contributed by atoms with van der Waals surface area (Å²) in [6.45, 7) is 1.48. The van der Waals surface area contributed by atoms with Crippen molar-refractivity contribution >= 4 is 11.6 Å². The molecule has 1 saturated carbocycles. The van der Waals surface area contributed by atoms with Gasteiger partial charge in [0.1, 0.15) is 6.61 Å². The van der Waals surface area contributed by atoms with Gasteiger partial charge in [-0.15, -0.1) is 0 Å². The van der Waals surface area contributed by atoms with Crippen LogP contribution in [-0.2, 0) is 4.74 Å². The lowest BCUT2D eigenvalue weighted by molar-refractivity contribution is 0.349. The summed E-state index contributed by atoms with van der Waals surface area (Å²) in [5.41, 5.74) is 2.34. The Labute approximate surface area is 120 Å². The summed E-state index contributed by atoms with van der Waals surface area (Å²) >= 11 is 0. The zero-order chi connectivity index (χ0) is 13.6. The molecule has 1 N–H and O–H groups in total. The molecule has 1 aliphatic carbocycles. The van der Waals surface area contributed by atoms with Gasteiger partial charge in [-0.2, -0.15) is 0 Å². The lowest BCUT2D eigenvalue weighted by Gasteiger charge is -2.25. The van der Waals surface area contributed by atoms with Crippen LogP contribution in [-0.4, -0.2) is 25.1 Å². The van der Waals surface area contributed by atoms with Crippen LogP contribution in [0.25, 0.3) is 5.70 Å². The molecular formula is C17H22N2O. The smallest absolute Gasteiger partial charge is 0.210 e. The summed E-state index contributed by atoms with van der Waals surface area (Å²) in [6.07, 6.45) is 8.61. The molecule has 0 saturated heterocycles. The third-order valence-electron chi connectivity index (χ3n) is 3.93. The largest absolute Gasteiger partial charge is 0.476 e. The van der Waals surface area contributed by atoms with Crippen molar-refractivity contribution in [1.82, 2.24) is 5.32 Å². The van der Waals surface area contributed by atoms with Gasteiger partial charge in [-0.1, -0.05) is 49.6 Å². The maximum atomic E-state index is 5.53. The SMILES string of the molecule is C(/C1=NCCO1)=C(/NC1CCCCC1)c1ccccc1. The Morgan fingerprint density at radius 1 is 1.15 bits per heavy atom. The monoisotopic (exact) mass is 270 g/mol. The van der Waals surface area contributed by atoms with Crippen molar-refractivity contribution in [1.29, 1.82) is 0 Å². The normalized spacial score (nSPS) is 20.4. The average molecular weight is 270 g/mol. The Morgan fingerprint density at radius 2 is 1.95 bits per heavy atom. The second-order valence-corrected chi connectivity index (χ2v) is 5.47. The van der Waals surface area contributed by atoms with Crippen molar-refractivity contribution < 1.29 is 4.74 Å². The maximum absolute atomic E-state index is 5.53. The molecule has 3 rings (SSSR count). The molecule has 2 aliphatic rings. The van der Waals surface area contributed by atoms with Crippen molar-refractivity contribution in [2.75, 3.05) is 13.2 Å². The number of ether oxygens (including phenoxy) is 1. The molecule has 0 aromatic heterocycles. The van der Waals surface area contributed by atoms with Crippen molar-refractivity contribution in [2.45, 2.75) is 38.1 Å². The van der Waals surface area contributed by atoms with Gasteiger partial charge in [0.05, 0.1) is 6.54 Å². The minimum Gasteiger partial charge on any atom is -0.476 e. The van der Waals surface area contributed by atoms with E-state index in [1.54, 1.807) is 0 Å². The first kappa shape index (κ1) is 13.2. The zero-order valence-electron chi connectivity index (χ0n) is 11.8. The highest BCUT2D eigenvalue weighted by Gasteiger charge is 2.16. The van der Waals surface area contributed by atoms with E-state index in [1.807, 2.05) is 6.07 Å². The highest BCUT2D eigenvalue weighted by Crippen LogP contribution is 2.21. The van der Waals surface area contributed by atoms with E-state index in [1.165, 1.54) is 37.7 Å². The standard InChI is InChI=1S/C17H22N2O/c1-3-7-14(8-4-1)16(13-17-18-11-12-20-17)19-15-9-5-2-6-10-15/h1,3-4,7-8,13,15,19H,2,5-6,9-12H2/b16-13-. The first-order chi connectivity index (χ1) is 9.92. The highest BCUT2D eigenvalue weighted by atomic mass is 16.5. The Balaban J connectivity index is 1.79. The number of nitrogens with zero attached hydrogens (tertiary/aromatic N) is 1. The van der Waals surface area contributed by atoms with E-state index in [2.05, 4.69) is 40.7 Å². The highest BCUT2D eigenvalue weighted by molar-refractivity contribution is 5.95. The Morgan fingerprint density at radius 3 is 2.65 bits per heavy atom. The van der Waals surface area contributed by atoms with Gasteiger partial charge in [0.2, 0.25) is 5.90 Å². The third-order valence-corrected chi connectivity index (χ3v) is 3.93. The summed E-state index contributed by atoms with van der Waals surface area (Å²) in [5, 5.41) is 3.70. The van der Waals surface area contributed by atoms with E-state index in [9.17, 15) is 0 Å². The molecule has 0 radical (unpaired) electrons. The summed E-state index contributed by atoms with van der Waals surface area (Å²) in [6, 6.07) is 11.0. The number of aliphatic imine (C=N–C) groups is 1. The summed E-state index contributed by atoms with van der Waals surface area (Å²) in [7, 11) is 0. The quantitative estimate of drug-likeness (QED) is 0.910. The molecule has 20 heavy (non-hydrogen) atoms. The lowest BCUT2D eigenvalue weighted by atomic mass is 9.95. The molecule has 3 nitrogen and oxygen atoms in total. The van der Waals surface area contributed by atoms with Gasteiger partial charge in [-0.3, -0.25) is 0 Å². The third kappa shape index (κ3) is 3.41. The van der Waals surface area contributed by atoms with Crippen LogP contribution in [0.15, 0.2) is 41.4 Å². The van der Waals surface area contributed by atoms with Gasteiger partial charge in [-0.25, -0.2) is 4.99 Å². The molecule has 1 aromatic carbocycles. The molecular weight excluding hydrogens is 248 g/mol. The van der Waals surface area contributed by atoms with Crippen LogP contribution >= 0.6 is 0 Å². The van der Waals surface area contributed by atoms with Crippen LogP contribution in [0.5, 0.6) is 0 Å². The molecule has 0 atom stereocenters. The van der Waals surface area contributed by atoms with Crippen LogP contribution in [0.1, 0.15) is 37.7 Å². The minimum atomic E-state index is 0.581. The summed E-state index contributed by atoms with van der Waals surface area (Å²) in [4.78, 5) is 4.37. The molecule has 0 spiro atoms. The Kier molecular flexibility index (Phi) is 4.36. The molecule has 1 aliphatic heterocycles. The molecule has 0 amide bonds. The molecule has 1 aromatic rings. The number of nitrogens with one attached hydrogen (secondary N) is 1. The molecule has 0 unspecified atom stereocenters. The second kappa shape index (κ2) is 6.60. The van der Waals surface area contributed by atoms with Crippen LogP contribution < -0.4 is 5.32 Å². The van der Waals surface area contributed by atoms with Crippen molar-refractivity contribution in [3.8, 4) is 0 Å². The molecule has 1 fully saturated rings. The fourth-order valence-electron chi connectivity index (χ4n) is 2.86. The Bertz CT molecular complexity index is 487. The van der Waals surface area contributed by atoms with Gasteiger partial charge >= 0.3 is 0 Å². The fourth-order valence-corrected chi connectivity index (χ4v) is 2.86. The van der Waals surface area contributed by atoms with E-state index < -0.39 is 0 Å². The number of hydrogen-bond donors (Lipinski definition) is 1. The molecule has 3 heteroatoms. The van der Waals surface area contributed by atoms with Gasteiger partial charge in [0.25, 0.3) is 0 Å². The fraction of sp³-hybridized carbons (Fsp3) is 0.471. The van der Waals surface area contributed by atoms with Gasteiger partial charge in [0.15, 0.2) is 0 Å². The first-order valence-electron chi connectivity index (χ1n) is 7.63. The van der Waals surface area contributed by atoms with Crippen LogP contribution in [0.3, 0.4) is 0 Å². The van der Waals surface area contributed by atoms with Crippen molar-refractivity contribution in [3.63, 3.8) is 0 Å². The zero-order valence-corrected chi connectivity index (χ0v) is 11.8. The van der Waals surface area contributed by atoms with Gasteiger partial charge in [-0.05, 0) is 18.4 Å². The lowest BCUT2D eigenvalue weighted by Crippen LogP contribution is -2.30. The summed E-state index contributed by atoms with van der Waals surface area (Å²) < 4.78 is 5.53. The van der Waals surface area contributed by atoms with Crippen LogP contribution in [0, 0.1) is 0 Å². The number of hydrogen-bond acceptors (Lipinski definition) is 3. The number of benzene rings is 1. The molecule has 0 bridgehead atoms.